The molecule has 0 aliphatic carbocycles. The Morgan fingerprint density at radius 3 is 2.09 bits per heavy atom. The molecule has 7 heteroatoms. The molecule has 0 fully saturated rings. The molecule has 0 spiro atoms. The van der Waals surface area contributed by atoms with Gasteiger partial charge in [0.25, 0.3) is 0 Å². The van der Waals surface area contributed by atoms with Gasteiger partial charge in [-0.1, -0.05) is 51.9 Å². The summed E-state index contributed by atoms with van der Waals surface area (Å²) in [5, 5.41) is 0. The van der Waals surface area contributed by atoms with Crippen molar-refractivity contribution in [1.82, 2.24) is 0 Å². The minimum absolute atomic E-state index is 0.234. The van der Waals surface area contributed by atoms with Crippen LogP contribution in [0.4, 0.5) is 0 Å². The Hall–Kier alpha value is -0.790. The number of carbonyl (C=O) groups is 1. The van der Waals surface area contributed by atoms with Gasteiger partial charge in [-0.25, -0.2) is 9.18 Å². The van der Waals surface area contributed by atoms with Gasteiger partial charge in [-0.15, -0.1) is 0 Å². The Morgan fingerprint density at radius 1 is 1.00 bits per heavy atom. The van der Waals surface area contributed by atoms with Gasteiger partial charge in [-0.05, 0) is 13.3 Å². The first-order valence-electron chi connectivity index (χ1n) is 7.93. The van der Waals surface area contributed by atoms with Gasteiger partial charge in [0.15, 0.2) is 0 Å². The SMILES string of the molecule is CCCCCCCCCCC(=O)N=C(C)COS(=O)(=O)OC. The molecular formula is C15H29NO5S. The van der Waals surface area contributed by atoms with Crippen LogP contribution in [-0.4, -0.2) is 33.8 Å². The first kappa shape index (κ1) is 21.2. The van der Waals surface area contributed by atoms with Crippen LogP contribution in [0.2, 0.25) is 0 Å². The van der Waals surface area contributed by atoms with Crippen molar-refractivity contribution in [2.45, 2.75) is 71.6 Å². The highest BCUT2D eigenvalue weighted by Crippen LogP contribution is 2.10. The number of carbonyl (C=O) groups excluding carboxylic acids is 1. The molecule has 1 amide bonds. The van der Waals surface area contributed by atoms with Gasteiger partial charge < -0.3 is 0 Å². The highest BCUT2D eigenvalue weighted by atomic mass is 32.3. The molecule has 0 atom stereocenters. The Labute approximate surface area is 134 Å². The van der Waals surface area contributed by atoms with Gasteiger partial charge in [0.05, 0.1) is 7.11 Å². The summed E-state index contributed by atoms with van der Waals surface area (Å²) in [7, 11) is -2.97. The van der Waals surface area contributed by atoms with E-state index in [9.17, 15) is 13.2 Å². The molecule has 0 rings (SSSR count). The molecule has 0 aromatic carbocycles. The van der Waals surface area contributed by atoms with Crippen molar-refractivity contribution in [3.63, 3.8) is 0 Å². The highest BCUT2D eigenvalue weighted by molar-refractivity contribution is 7.81. The minimum atomic E-state index is -3.98. The molecular weight excluding hydrogens is 306 g/mol. The predicted molar refractivity (Wildman–Crippen MR) is 87.2 cm³/mol. The second kappa shape index (κ2) is 12.7. The first-order valence-corrected chi connectivity index (χ1v) is 9.26. The molecule has 0 saturated heterocycles. The van der Waals surface area contributed by atoms with Crippen LogP contribution in [0.25, 0.3) is 0 Å². The van der Waals surface area contributed by atoms with Crippen molar-refractivity contribution in [2.75, 3.05) is 13.7 Å². The fraction of sp³-hybridized carbons (Fsp3) is 0.867. The molecule has 0 saturated carbocycles. The molecule has 0 N–H and O–H groups in total. The quantitative estimate of drug-likeness (QED) is 0.380. The van der Waals surface area contributed by atoms with Crippen LogP contribution in [0.5, 0.6) is 0 Å². The van der Waals surface area contributed by atoms with Crippen molar-refractivity contribution in [2.24, 2.45) is 4.99 Å². The van der Waals surface area contributed by atoms with E-state index in [1.807, 2.05) is 0 Å². The fourth-order valence-electron chi connectivity index (χ4n) is 1.92. The lowest BCUT2D eigenvalue weighted by molar-refractivity contribution is -0.117. The van der Waals surface area contributed by atoms with E-state index in [1.165, 1.54) is 32.1 Å². The van der Waals surface area contributed by atoms with Gasteiger partial charge in [0.2, 0.25) is 5.91 Å². The summed E-state index contributed by atoms with van der Waals surface area (Å²) in [4.78, 5) is 15.4. The Morgan fingerprint density at radius 2 is 1.55 bits per heavy atom. The van der Waals surface area contributed by atoms with E-state index in [0.717, 1.165) is 26.4 Å². The van der Waals surface area contributed by atoms with Crippen LogP contribution >= 0.6 is 0 Å². The predicted octanol–water partition coefficient (Wildman–Crippen LogP) is 3.41. The van der Waals surface area contributed by atoms with Crippen molar-refractivity contribution < 1.29 is 21.6 Å². The number of hydrogen-bond acceptors (Lipinski definition) is 5. The third-order valence-electron chi connectivity index (χ3n) is 3.18. The van der Waals surface area contributed by atoms with Crippen LogP contribution in [0.1, 0.15) is 71.6 Å². The average molecular weight is 335 g/mol. The van der Waals surface area contributed by atoms with Gasteiger partial charge in [-0.3, -0.25) is 8.98 Å². The zero-order valence-corrected chi connectivity index (χ0v) is 14.8. The highest BCUT2D eigenvalue weighted by Gasteiger charge is 2.10. The van der Waals surface area contributed by atoms with Crippen LogP contribution in [0.3, 0.4) is 0 Å². The van der Waals surface area contributed by atoms with E-state index in [4.69, 9.17) is 0 Å². The van der Waals surface area contributed by atoms with Gasteiger partial charge in [-0.2, -0.15) is 8.42 Å². The summed E-state index contributed by atoms with van der Waals surface area (Å²) < 4.78 is 30.5. The van der Waals surface area contributed by atoms with Crippen molar-refractivity contribution >= 4 is 22.0 Å². The van der Waals surface area contributed by atoms with Crippen LogP contribution < -0.4 is 0 Å². The fourth-order valence-corrected chi connectivity index (χ4v) is 2.33. The molecule has 0 aliphatic rings. The van der Waals surface area contributed by atoms with E-state index in [1.54, 1.807) is 6.92 Å². The van der Waals surface area contributed by atoms with Gasteiger partial charge in [0, 0.05) is 12.1 Å². The maximum absolute atomic E-state index is 11.6. The standard InChI is InChI=1S/C15H29NO5S/c1-4-5-6-7-8-9-10-11-12-15(17)16-14(2)13-21-22(18,19)20-3/h4-13H2,1-3H3. The summed E-state index contributed by atoms with van der Waals surface area (Å²) in [5.74, 6) is -0.234. The van der Waals surface area contributed by atoms with E-state index in [-0.39, 0.29) is 12.5 Å². The molecule has 6 nitrogen and oxygen atoms in total. The van der Waals surface area contributed by atoms with Crippen molar-refractivity contribution in [3.05, 3.63) is 0 Å². The Balaban J connectivity index is 3.73. The lowest BCUT2D eigenvalue weighted by Crippen LogP contribution is -2.14. The lowest BCUT2D eigenvalue weighted by Gasteiger charge is -2.03. The zero-order chi connectivity index (χ0) is 16.8. The largest absolute Gasteiger partial charge is 0.399 e. The van der Waals surface area contributed by atoms with E-state index >= 15 is 0 Å². The zero-order valence-electron chi connectivity index (χ0n) is 14.0. The smallest absolute Gasteiger partial charge is 0.273 e. The number of aliphatic imine (C=N–C) groups is 1. The summed E-state index contributed by atoms with van der Waals surface area (Å²) >= 11 is 0. The Bertz CT molecular complexity index is 431. The van der Waals surface area contributed by atoms with Crippen molar-refractivity contribution in [1.29, 1.82) is 0 Å². The van der Waals surface area contributed by atoms with Crippen LogP contribution in [0, 0.1) is 0 Å². The van der Waals surface area contributed by atoms with Gasteiger partial charge in [0.1, 0.15) is 6.61 Å². The molecule has 0 aliphatic heterocycles. The lowest BCUT2D eigenvalue weighted by atomic mass is 10.1. The molecule has 0 bridgehead atoms. The maximum Gasteiger partial charge on any atom is 0.399 e. The molecule has 0 unspecified atom stereocenters. The first-order chi connectivity index (χ1) is 10.4. The third-order valence-corrected chi connectivity index (χ3v) is 3.99. The van der Waals surface area contributed by atoms with E-state index < -0.39 is 10.4 Å². The minimum Gasteiger partial charge on any atom is -0.273 e. The normalized spacial score (nSPS) is 12.6. The molecule has 0 aromatic heterocycles. The average Bonchev–Trinajstić information content (AvgIpc) is 2.48. The monoisotopic (exact) mass is 335 g/mol. The molecule has 0 heterocycles. The van der Waals surface area contributed by atoms with Crippen LogP contribution in [-0.2, 0) is 23.6 Å². The summed E-state index contributed by atoms with van der Waals surface area (Å²) in [6, 6.07) is 0. The third kappa shape index (κ3) is 12.9. The molecule has 22 heavy (non-hydrogen) atoms. The number of nitrogens with zero attached hydrogens (tertiary/aromatic N) is 1. The maximum atomic E-state index is 11.6. The summed E-state index contributed by atoms with van der Waals surface area (Å²) in [6.45, 7) is 3.49. The number of hydrogen-bond donors (Lipinski definition) is 0. The second-order valence-electron chi connectivity index (χ2n) is 5.30. The molecule has 130 valence electrons. The second-order valence-corrected chi connectivity index (χ2v) is 6.69. The summed E-state index contributed by atoms with van der Waals surface area (Å²) in [6.07, 6.45) is 9.72. The number of rotatable bonds is 13. The summed E-state index contributed by atoms with van der Waals surface area (Å²) in [5.41, 5.74) is 0.324. The van der Waals surface area contributed by atoms with E-state index in [2.05, 4.69) is 20.3 Å². The van der Waals surface area contributed by atoms with Crippen LogP contribution in [0.15, 0.2) is 4.99 Å². The molecule has 0 radical (unpaired) electrons. The van der Waals surface area contributed by atoms with Crippen molar-refractivity contribution in [3.8, 4) is 0 Å². The molecule has 0 aromatic rings. The number of amides is 1. The number of unbranched alkanes of at least 4 members (excludes halogenated alkanes) is 7. The van der Waals surface area contributed by atoms with Gasteiger partial charge >= 0.3 is 10.4 Å². The van der Waals surface area contributed by atoms with E-state index in [0.29, 0.717) is 12.1 Å². The topological polar surface area (TPSA) is 82.0 Å². The Kier molecular flexibility index (Phi) is 12.3.